The molecule has 1 heterocycles. The SMILES string of the molecule is C=C1NC2=C(C(=O)CC(C)(C)C2)C(c2cc(Br)c(O)c(OCC)c2)C1C(=O)OC(C)C. The summed E-state index contributed by atoms with van der Waals surface area (Å²) in [6.45, 7) is 14.0. The van der Waals surface area contributed by atoms with Crippen LogP contribution in [-0.4, -0.2) is 29.6 Å². The van der Waals surface area contributed by atoms with Crippen molar-refractivity contribution in [2.24, 2.45) is 11.3 Å². The number of esters is 1. The van der Waals surface area contributed by atoms with Crippen molar-refractivity contribution in [2.45, 2.75) is 59.5 Å². The molecule has 1 aliphatic carbocycles. The Kier molecular flexibility index (Phi) is 6.56. The number of ether oxygens (including phenoxy) is 2. The third-order valence-corrected chi connectivity index (χ3v) is 6.17. The fraction of sp³-hybridized carbons (Fsp3) is 0.500. The number of nitrogens with one attached hydrogen (secondary N) is 1. The smallest absolute Gasteiger partial charge is 0.316 e. The summed E-state index contributed by atoms with van der Waals surface area (Å²) >= 11 is 3.38. The van der Waals surface area contributed by atoms with Crippen molar-refractivity contribution >= 4 is 27.7 Å². The first kappa shape index (κ1) is 23.4. The molecule has 6 nitrogen and oxygen atoms in total. The quantitative estimate of drug-likeness (QED) is 0.565. The van der Waals surface area contributed by atoms with Crippen LogP contribution in [0.2, 0.25) is 0 Å². The zero-order valence-corrected chi connectivity index (χ0v) is 20.3. The Morgan fingerprint density at radius 1 is 1.35 bits per heavy atom. The summed E-state index contributed by atoms with van der Waals surface area (Å²) in [6, 6.07) is 3.43. The summed E-state index contributed by atoms with van der Waals surface area (Å²) in [4.78, 5) is 26.4. The van der Waals surface area contributed by atoms with Gasteiger partial charge in [-0.15, -0.1) is 0 Å². The van der Waals surface area contributed by atoms with Crippen molar-refractivity contribution in [2.75, 3.05) is 6.61 Å². The molecule has 31 heavy (non-hydrogen) atoms. The zero-order valence-electron chi connectivity index (χ0n) is 18.7. The van der Waals surface area contributed by atoms with Crippen LogP contribution in [0.15, 0.2) is 40.2 Å². The van der Waals surface area contributed by atoms with Crippen LogP contribution in [0.1, 0.15) is 58.9 Å². The van der Waals surface area contributed by atoms with Gasteiger partial charge in [-0.1, -0.05) is 20.4 Å². The topological polar surface area (TPSA) is 84.9 Å². The van der Waals surface area contributed by atoms with Crippen LogP contribution in [0.3, 0.4) is 0 Å². The number of hydrogen-bond donors (Lipinski definition) is 2. The molecule has 0 radical (unpaired) electrons. The molecule has 2 atom stereocenters. The summed E-state index contributed by atoms with van der Waals surface area (Å²) < 4.78 is 11.6. The van der Waals surface area contributed by atoms with E-state index < -0.39 is 17.8 Å². The Bertz CT molecular complexity index is 963. The lowest BCUT2D eigenvalue weighted by molar-refractivity contribution is -0.151. The maximum atomic E-state index is 13.3. The highest BCUT2D eigenvalue weighted by Gasteiger charge is 2.47. The van der Waals surface area contributed by atoms with Gasteiger partial charge in [0.05, 0.1) is 17.2 Å². The molecular weight excluding hydrogens is 462 g/mol. The van der Waals surface area contributed by atoms with Crippen molar-refractivity contribution in [3.8, 4) is 11.5 Å². The zero-order chi connectivity index (χ0) is 23.1. The fourth-order valence-electron chi connectivity index (χ4n) is 4.43. The van der Waals surface area contributed by atoms with Crippen LogP contribution in [0.4, 0.5) is 0 Å². The van der Waals surface area contributed by atoms with E-state index in [1.54, 1.807) is 26.0 Å². The standard InChI is InChI=1S/C24H30BrNO5/c1-7-30-18-9-14(8-15(25)22(18)28)20-19(23(29)31-12(2)3)13(4)26-16-10-24(5,6)11-17(27)21(16)20/h8-9,12,19-20,26,28H,4,7,10-11H2,1-3,5-6H3. The third kappa shape index (κ3) is 4.66. The van der Waals surface area contributed by atoms with E-state index in [0.717, 1.165) is 5.70 Å². The molecule has 1 aliphatic heterocycles. The number of rotatable bonds is 5. The molecule has 0 saturated carbocycles. The number of hydrogen-bond acceptors (Lipinski definition) is 6. The molecule has 0 aromatic heterocycles. The van der Waals surface area contributed by atoms with Crippen LogP contribution in [0, 0.1) is 11.3 Å². The maximum Gasteiger partial charge on any atom is 0.316 e. The molecule has 0 bridgehead atoms. The predicted octanol–water partition coefficient (Wildman–Crippen LogP) is 4.96. The second kappa shape index (κ2) is 8.69. The average Bonchev–Trinajstić information content (AvgIpc) is 2.62. The molecule has 7 heteroatoms. The number of carbonyl (C=O) groups excluding carboxylic acids is 2. The summed E-state index contributed by atoms with van der Waals surface area (Å²) in [7, 11) is 0. The minimum Gasteiger partial charge on any atom is -0.503 e. The number of carbonyl (C=O) groups is 2. The van der Waals surface area contributed by atoms with Gasteiger partial charge in [-0.3, -0.25) is 9.59 Å². The summed E-state index contributed by atoms with van der Waals surface area (Å²) in [5.74, 6) is -1.54. The van der Waals surface area contributed by atoms with Crippen molar-refractivity contribution < 1.29 is 24.2 Å². The van der Waals surface area contributed by atoms with Crippen molar-refractivity contribution in [3.63, 3.8) is 0 Å². The number of aromatic hydroxyl groups is 1. The third-order valence-electron chi connectivity index (χ3n) is 5.57. The largest absolute Gasteiger partial charge is 0.503 e. The van der Waals surface area contributed by atoms with Crippen LogP contribution < -0.4 is 10.1 Å². The Morgan fingerprint density at radius 3 is 2.65 bits per heavy atom. The minimum absolute atomic E-state index is 0.000698. The predicted molar refractivity (Wildman–Crippen MR) is 122 cm³/mol. The lowest BCUT2D eigenvalue weighted by Gasteiger charge is -2.42. The van der Waals surface area contributed by atoms with Crippen molar-refractivity contribution in [3.05, 3.63) is 45.7 Å². The van der Waals surface area contributed by atoms with Crippen LogP contribution in [0.25, 0.3) is 0 Å². The number of allylic oxidation sites excluding steroid dienone is 2. The first-order chi connectivity index (χ1) is 14.4. The molecule has 0 amide bonds. The normalized spacial score (nSPS) is 22.8. The monoisotopic (exact) mass is 491 g/mol. The molecular formula is C24H30BrNO5. The molecule has 0 fully saturated rings. The molecule has 2 unspecified atom stereocenters. The lowest BCUT2D eigenvalue weighted by Crippen LogP contribution is -2.44. The van der Waals surface area contributed by atoms with E-state index >= 15 is 0 Å². The Labute approximate surface area is 191 Å². The number of halogens is 1. The maximum absolute atomic E-state index is 13.3. The lowest BCUT2D eigenvalue weighted by atomic mass is 9.66. The van der Waals surface area contributed by atoms with Crippen molar-refractivity contribution in [1.29, 1.82) is 0 Å². The highest BCUT2D eigenvalue weighted by atomic mass is 79.9. The summed E-state index contributed by atoms with van der Waals surface area (Å²) in [5, 5.41) is 13.6. The second-order valence-corrected chi connectivity index (χ2v) is 10.1. The van der Waals surface area contributed by atoms with Crippen LogP contribution in [-0.2, 0) is 14.3 Å². The van der Waals surface area contributed by atoms with Crippen molar-refractivity contribution in [1.82, 2.24) is 5.32 Å². The van der Waals surface area contributed by atoms with E-state index in [9.17, 15) is 14.7 Å². The minimum atomic E-state index is -0.780. The summed E-state index contributed by atoms with van der Waals surface area (Å²) in [5.41, 5.74) is 2.37. The van der Waals surface area contributed by atoms with Crippen LogP contribution in [0.5, 0.6) is 11.5 Å². The van der Waals surface area contributed by atoms with E-state index in [1.165, 1.54) is 0 Å². The number of phenolic OH excluding ortho intramolecular Hbond substituents is 1. The number of benzene rings is 1. The molecule has 2 aliphatic rings. The van der Waals surface area contributed by atoms with Gasteiger partial charge in [0, 0.05) is 29.3 Å². The highest BCUT2D eigenvalue weighted by molar-refractivity contribution is 9.10. The summed E-state index contributed by atoms with van der Waals surface area (Å²) in [6.07, 6.45) is 0.760. The number of ketones is 1. The number of Topliss-reactive ketones (excluding diaryl/α,β-unsaturated/α-hetero) is 1. The van der Waals surface area contributed by atoms with Crippen LogP contribution >= 0.6 is 15.9 Å². The fourth-order valence-corrected chi connectivity index (χ4v) is 4.89. The van der Waals surface area contributed by atoms with Gasteiger partial charge in [0.25, 0.3) is 0 Å². The molecule has 2 N–H and O–H groups in total. The van der Waals surface area contributed by atoms with Gasteiger partial charge in [0.1, 0.15) is 5.92 Å². The first-order valence-electron chi connectivity index (χ1n) is 10.5. The van der Waals surface area contributed by atoms with E-state index in [2.05, 4.69) is 41.7 Å². The van der Waals surface area contributed by atoms with Gasteiger partial charge < -0.3 is 19.9 Å². The van der Waals surface area contributed by atoms with E-state index in [0.29, 0.717) is 40.8 Å². The molecule has 3 rings (SSSR count). The molecule has 1 aromatic rings. The van der Waals surface area contributed by atoms with Gasteiger partial charge in [-0.05, 0) is 66.2 Å². The van der Waals surface area contributed by atoms with Gasteiger partial charge >= 0.3 is 5.97 Å². The average molecular weight is 492 g/mol. The molecule has 168 valence electrons. The van der Waals surface area contributed by atoms with E-state index in [4.69, 9.17) is 9.47 Å². The Balaban J connectivity index is 2.22. The molecule has 0 saturated heterocycles. The molecule has 0 spiro atoms. The van der Waals surface area contributed by atoms with E-state index in [1.807, 2.05) is 6.92 Å². The first-order valence-corrected chi connectivity index (χ1v) is 11.3. The Hall–Kier alpha value is -2.28. The highest BCUT2D eigenvalue weighted by Crippen LogP contribution is 2.50. The number of phenols is 1. The van der Waals surface area contributed by atoms with Gasteiger partial charge in [-0.2, -0.15) is 0 Å². The Morgan fingerprint density at radius 2 is 2.03 bits per heavy atom. The van der Waals surface area contributed by atoms with E-state index in [-0.39, 0.29) is 28.8 Å². The molecule has 1 aromatic carbocycles. The second-order valence-electron chi connectivity index (χ2n) is 9.21. The van der Waals surface area contributed by atoms with Gasteiger partial charge in [0.15, 0.2) is 17.3 Å². The van der Waals surface area contributed by atoms with Gasteiger partial charge in [-0.25, -0.2) is 0 Å². The van der Waals surface area contributed by atoms with Gasteiger partial charge in [0.2, 0.25) is 0 Å².